The van der Waals surface area contributed by atoms with E-state index in [2.05, 4.69) is 0 Å². The minimum atomic E-state index is -0.641. The molecule has 0 aromatic carbocycles. The molecule has 0 aromatic rings. The van der Waals surface area contributed by atoms with E-state index in [1.54, 1.807) is 14.2 Å². The van der Waals surface area contributed by atoms with Gasteiger partial charge in [0, 0.05) is 20.8 Å². The van der Waals surface area contributed by atoms with Crippen LogP contribution in [0.25, 0.3) is 0 Å². The Labute approximate surface area is 114 Å². The Kier molecular flexibility index (Phi) is 13.2. The first-order chi connectivity index (χ1) is 9.22. The summed E-state index contributed by atoms with van der Waals surface area (Å²) in [5.41, 5.74) is 5.59. The largest absolute Gasteiger partial charge is 0.462 e. The second-order valence-electron chi connectivity index (χ2n) is 3.77. The highest BCUT2D eigenvalue weighted by Gasteiger charge is 2.14. The summed E-state index contributed by atoms with van der Waals surface area (Å²) in [5, 5.41) is 0. The summed E-state index contributed by atoms with van der Waals surface area (Å²) in [7, 11) is 3.17. The quantitative estimate of drug-likeness (QED) is 0.361. The van der Waals surface area contributed by atoms with Gasteiger partial charge >= 0.3 is 5.97 Å². The van der Waals surface area contributed by atoms with Crippen LogP contribution in [0.2, 0.25) is 0 Å². The molecular weight excluding hydrogens is 254 g/mol. The van der Waals surface area contributed by atoms with Gasteiger partial charge < -0.3 is 29.4 Å². The maximum absolute atomic E-state index is 11.4. The molecule has 2 N–H and O–H groups in total. The molecule has 0 aliphatic heterocycles. The molecular formula is C12H25NO6. The average Bonchev–Trinajstić information content (AvgIpc) is 2.42. The average molecular weight is 279 g/mol. The summed E-state index contributed by atoms with van der Waals surface area (Å²) in [6, 6.07) is -0.641. The molecule has 19 heavy (non-hydrogen) atoms. The fraction of sp³-hybridized carbons (Fsp3) is 0.917. The molecule has 0 aliphatic carbocycles. The molecule has 7 nitrogen and oxygen atoms in total. The lowest BCUT2D eigenvalue weighted by Crippen LogP contribution is -2.34. The predicted octanol–water partition coefficient (Wildman–Crippen LogP) is -0.427. The number of esters is 1. The van der Waals surface area contributed by atoms with Crippen LogP contribution in [-0.2, 0) is 28.5 Å². The molecule has 0 radical (unpaired) electrons. The Morgan fingerprint density at radius 2 is 1.42 bits per heavy atom. The molecule has 0 bridgehead atoms. The number of nitrogens with two attached hydrogens (primary N) is 1. The van der Waals surface area contributed by atoms with Gasteiger partial charge in [0.1, 0.15) is 12.6 Å². The van der Waals surface area contributed by atoms with Crippen molar-refractivity contribution in [3.05, 3.63) is 0 Å². The van der Waals surface area contributed by atoms with Crippen LogP contribution in [-0.4, -0.2) is 72.5 Å². The Hall–Kier alpha value is -0.730. The van der Waals surface area contributed by atoms with E-state index >= 15 is 0 Å². The highest BCUT2D eigenvalue weighted by molar-refractivity contribution is 5.75. The lowest BCUT2D eigenvalue weighted by atomic mass is 10.2. The molecule has 0 amide bonds. The van der Waals surface area contributed by atoms with E-state index < -0.39 is 12.0 Å². The molecule has 0 saturated heterocycles. The van der Waals surface area contributed by atoms with Crippen molar-refractivity contribution >= 4 is 5.97 Å². The van der Waals surface area contributed by atoms with Crippen molar-refractivity contribution in [2.45, 2.75) is 12.5 Å². The normalized spacial score (nSPS) is 12.4. The van der Waals surface area contributed by atoms with Crippen molar-refractivity contribution in [1.82, 2.24) is 0 Å². The zero-order chi connectivity index (χ0) is 14.3. The topological polar surface area (TPSA) is 89.2 Å². The van der Waals surface area contributed by atoms with E-state index in [9.17, 15) is 4.79 Å². The monoisotopic (exact) mass is 279 g/mol. The highest BCUT2D eigenvalue weighted by Crippen LogP contribution is 1.93. The van der Waals surface area contributed by atoms with Gasteiger partial charge in [0.25, 0.3) is 0 Å². The summed E-state index contributed by atoms with van der Waals surface area (Å²) in [5.74, 6) is -0.433. The van der Waals surface area contributed by atoms with Crippen molar-refractivity contribution < 1.29 is 28.5 Å². The van der Waals surface area contributed by atoms with Gasteiger partial charge in [0.05, 0.1) is 33.0 Å². The van der Waals surface area contributed by atoms with Crippen LogP contribution in [0.4, 0.5) is 0 Å². The van der Waals surface area contributed by atoms with Crippen LogP contribution in [0.15, 0.2) is 0 Å². The molecule has 7 heteroatoms. The Morgan fingerprint density at radius 3 is 2.00 bits per heavy atom. The van der Waals surface area contributed by atoms with Gasteiger partial charge in [-0.2, -0.15) is 0 Å². The van der Waals surface area contributed by atoms with Gasteiger partial charge in [-0.15, -0.1) is 0 Å². The first-order valence-electron chi connectivity index (χ1n) is 6.28. The molecule has 1 unspecified atom stereocenters. The second-order valence-corrected chi connectivity index (χ2v) is 3.77. The summed E-state index contributed by atoms with van der Waals surface area (Å²) < 4.78 is 25.0. The summed E-state index contributed by atoms with van der Waals surface area (Å²) in [4.78, 5) is 11.4. The maximum Gasteiger partial charge on any atom is 0.323 e. The van der Waals surface area contributed by atoms with E-state index in [4.69, 9.17) is 29.4 Å². The lowest BCUT2D eigenvalue weighted by molar-refractivity contribution is -0.147. The molecule has 0 aliphatic rings. The lowest BCUT2D eigenvalue weighted by Gasteiger charge is -2.11. The van der Waals surface area contributed by atoms with E-state index in [-0.39, 0.29) is 6.61 Å². The van der Waals surface area contributed by atoms with Gasteiger partial charge in [-0.1, -0.05) is 0 Å². The van der Waals surface area contributed by atoms with Crippen molar-refractivity contribution in [2.24, 2.45) is 5.73 Å². The van der Waals surface area contributed by atoms with Gasteiger partial charge in [0.2, 0.25) is 0 Å². The molecule has 0 spiro atoms. The Bertz CT molecular complexity index is 214. The number of carbonyl (C=O) groups excluding carboxylic acids is 1. The molecule has 114 valence electrons. The van der Waals surface area contributed by atoms with Crippen molar-refractivity contribution in [3.63, 3.8) is 0 Å². The smallest absolute Gasteiger partial charge is 0.323 e. The summed E-state index contributed by atoms with van der Waals surface area (Å²) in [6.45, 7) is 3.02. The first-order valence-corrected chi connectivity index (χ1v) is 6.28. The van der Waals surface area contributed by atoms with Crippen molar-refractivity contribution in [1.29, 1.82) is 0 Å². The standard InChI is InChI=1S/C12H25NO6/c1-15-4-3-11(13)12(14)19-10-9-18-8-7-17-6-5-16-2/h11H,3-10,13H2,1-2H3. The van der Waals surface area contributed by atoms with E-state index in [0.29, 0.717) is 46.1 Å². The number of carbonyl (C=O) groups is 1. The van der Waals surface area contributed by atoms with E-state index in [1.165, 1.54) is 0 Å². The number of hydrogen-bond acceptors (Lipinski definition) is 7. The highest BCUT2D eigenvalue weighted by atomic mass is 16.6. The zero-order valence-corrected chi connectivity index (χ0v) is 11.8. The predicted molar refractivity (Wildman–Crippen MR) is 68.9 cm³/mol. The fourth-order valence-corrected chi connectivity index (χ4v) is 1.14. The summed E-state index contributed by atoms with van der Waals surface area (Å²) in [6.07, 6.45) is 0.448. The van der Waals surface area contributed by atoms with Gasteiger partial charge in [0.15, 0.2) is 0 Å². The SMILES string of the molecule is COCCOCCOCCOC(=O)C(N)CCOC. The van der Waals surface area contributed by atoms with Crippen LogP contribution < -0.4 is 5.73 Å². The van der Waals surface area contributed by atoms with E-state index in [0.717, 1.165) is 0 Å². The fourth-order valence-electron chi connectivity index (χ4n) is 1.14. The molecule has 0 aromatic heterocycles. The van der Waals surface area contributed by atoms with Crippen LogP contribution in [0.5, 0.6) is 0 Å². The van der Waals surface area contributed by atoms with Gasteiger partial charge in [-0.05, 0) is 6.42 Å². The van der Waals surface area contributed by atoms with Gasteiger partial charge in [-0.3, -0.25) is 4.79 Å². The molecule has 0 rings (SSSR count). The Balaban J connectivity index is 3.27. The van der Waals surface area contributed by atoms with Crippen LogP contribution >= 0.6 is 0 Å². The molecule has 0 heterocycles. The first kappa shape index (κ1) is 18.3. The number of rotatable bonds is 13. The minimum absolute atomic E-state index is 0.192. The third-order valence-corrected chi connectivity index (χ3v) is 2.21. The van der Waals surface area contributed by atoms with Crippen LogP contribution in [0.1, 0.15) is 6.42 Å². The number of methoxy groups -OCH3 is 2. The van der Waals surface area contributed by atoms with Crippen LogP contribution in [0.3, 0.4) is 0 Å². The maximum atomic E-state index is 11.4. The van der Waals surface area contributed by atoms with Crippen molar-refractivity contribution in [3.8, 4) is 0 Å². The molecule has 1 atom stereocenters. The van der Waals surface area contributed by atoms with Crippen molar-refractivity contribution in [2.75, 3.05) is 60.5 Å². The van der Waals surface area contributed by atoms with Gasteiger partial charge in [-0.25, -0.2) is 0 Å². The van der Waals surface area contributed by atoms with Crippen LogP contribution in [0, 0.1) is 0 Å². The third-order valence-electron chi connectivity index (χ3n) is 2.21. The Morgan fingerprint density at radius 1 is 0.895 bits per heavy atom. The number of ether oxygens (including phenoxy) is 5. The summed E-state index contributed by atoms with van der Waals surface area (Å²) >= 11 is 0. The molecule has 0 fully saturated rings. The zero-order valence-electron chi connectivity index (χ0n) is 11.8. The second kappa shape index (κ2) is 13.7. The third kappa shape index (κ3) is 12.1. The minimum Gasteiger partial charge on any atom is -0.462 e. The molecule has 0 saturated carbocycles. The number of hydrogen-bond donors (Lipinski definition) is 1. The van der Waals surface area contributed by atoms with E-state index in [1.807, 2.05) is 0 Å².